The van der Waals surface area contributed by atoms with Gasteiger partial charge in [-0.3, -0.25) is 9.80 Å². The second-order valence-electron chi connectivity index (χ2n) is 9.12. The molecule has 4 rings (SSSR count). The summed E-state index contributed by atoms with van der Waals surface area (Å²) in [6.45, 7) is 11.5. The van der Waals surface area contributed by atoms with Crippen LogP contribution in [0.15, 0.2) is 42.7 Å². The number of aliphatic hydroxyl groups is 1. The molecule has 6 nitrogen and oxygen atoms in total. The number of rotatable bonds is 7. The highest BCUT2D eigenvalue weighted by atomic mass is 16.3. The average Bonchev–Trinajstić information content (AvgIpc) is 3.30. The van der Waals surface area contributed by atoms with Crippen molar-refractivity contribution in [1.82, 2.24) is 24.5 Å². The van der Waals surface area contributed by atoms with E-state index in [2.05, 4.69) is 57.9 Å². The smallest absolute Gasteiger partial charge is 0.0645 e. The van der Waals surface area contributed by atoms with E-state index in [0.29, 0.717) is 18.1 Å². The van der Waals surface area contributed by atoms with Crippen molar-refractivity contribution in [3.63, 3.8) is 0 Å². The number of aliphatic hydroxyl groups excluding tert-OH is 1. The van der Waals surface area contributed by atoms with Gasteiger partial charge in [0.2, 0.25) is 0 Å². The quantitative estimate of drug-likeness (QED) is 0.759. The third kappa shape index (κ3) is 5.11. The standard InChI is InChI=1S/C24H37N5O/c1-20(2)27-13-8-22(9-14-27)28-16-15-26(19-24(28)10-17-30)18-21-4-6-23(7-5-21)29-12-3-11-25-29/h3-7,11-12,20,22,24,30H,8-10,13-19H2,1-2H3. The summed E-state index contributed by atoms with van der Waals surface area (Å²) in [4.78, 5) is 7.87. The van der Waals surface area contributed by atoms with Gasteiger partial charge in [0.1, 0.15) is 0 Å². The third-order valence-electron chi connectivity index (χ3n) is 6.88. The first-order valence-corrected chi connectivity index (χ1v) is 11.6. The third-order valence-corrected chi connectivity index (χ3v) is 6.88. The van der Waals surface area contributed by atoms with Gasteiger partial charge in [-0.15, -0.1) is 0 Å². The van der Waals surface area contributed by atoms with Crippen LogP contribution in [0.3, 0.4) is 0 Å². The molecule has 1 aromatic carbocycles. The van der Waals surface area contributed by atoms with Crippen molar-refractivity contribution >= 4 is 0 Å². The van der Waals surface area contributed by atoms with Crippen molar-refractivity contribution in [1.29, 1.82) is 0 Å². The molecule has 0 aliphatic carbocycles. The number of nitrogens with zero attached hydrogens (tertiary/aromatic N) is 5. The van der Waals surface area contributed by atoms with E-state index in [1.807, 2.05) is 16.9 Å². The van der Waals surface area contributed by atoms with E-state index < -0.39 is 0 Å². The molecule has 1 N–H and O–H groups in total. The maximum atomic E-state index is 9.68. The molecule has 1 aromatic heterocycles. The summed E-state index contributed by atoms with van der Waals surface area (Å²) in [6.07, 6.45) is 7.17. The summed E-state index contributed by atoms with van der Waals surface area (Å²) < 4.78 is 1.89. The summed E-state index contributed by atoms with van der Waals surface area (Å²) in [5, 5.41) is 14.0. The minimum Gasteiger partial charge on any atom is -0.396 e. The first-order chi connectivity index (χ1) is 14.6. The summed E-state index contributed by atoms with van der Waals surface area (Å²) in [6, 6.07) is 12.4. The van der Waals surface area contributed by atoms with Gasteiger partial charge >= 0.3 is 0 Å². The molecule has 3 heterocycles. The number of piperidine rings is 1. The largest absolute Gasteiger partial charge is 0.396 e. The number of benzene rings is 1. The van der Waals surface area contributed by atoms with Gasteiger partial charge in [-0.25, -0.2) is 4.68 Å². The molecule has 2 fully saturated rings. The monoisotopic (exact) mass is 411 g/mol. The van der Waals surface area contributed by atoms with Crippen LogP contribution in [0.25, 0.3) is 5.69 Å². The van der Waals surface area contributed by atoms with Gasteiger partial charge in [0.25, 0.3) is 0 Å². The van der Waals surface area contributed by atoms with E-state index in [-0.39, 0.29) is 6.61 Å². The van der Waals surface area contributed by atoms with Crippen molar-refractivity contribution in [2.45, 2.75) is 57.8 Å². The molecule has 0 radical (unpaired) electrons. The maximum Gasteiger partial charge on any atom is 0.0645 e. The minimum atomic E-state index is 0.276. The Balaban J connectivity index is 1.34. The van der Waals surface area contributed by atoms with Crippen molar-refractivity contribution in [2.75, 3.05) is 39.3 Å². The highest BCUT2D eigenvalue weighted by Gasteiger charge is 2.33. The molecule has 1 atom stereocenters. The van der Waals surface area contributed by atoms with Gasteiger partial charge in [-0.1, -0.05) is 12.1 Å². The summed E-state index contributed by atoms with van der Waals surface area (Å²) in [5.74, 6) is 0. The number of aromatic nitrogens is 2. The maximum absolute atomic E-state index is 9.68. The predicted molar refractivity (Wildman–Crippen MR) is 121 cm³/mol. The van der Waals surface area contributed by atoms with Gasteiger partial charge in [0.15, 0.2) is 0 Å². The van der Waals surface area contributed by atoms with Crippen molar-refractivity contribution in [3.8, 4) is 5.69 Å². The molecule has 2 aliphatic heterocycles. The van der Waals surface area contributed by atoms with Crippen LogP contribution in [0.4, 0.5) is 0 Å². The van der Waals surface area contributed by atoms with Crippen LogP contribution in [0, 0.1) is 0 Å². The van der Waals surface area contributed by atoms with Crippen LogP contribution in [-0.4, -0.2) is 87.0 Å². The lowest BCUT2D eigenvalue weighted by atomic mass is 9.97. The van der Waals surface area contributed by atoms with E-state index in [1.54, 1.807) is 6.20 Å². The van der Waals surface area contributed by atoms with Gasteiger partial charge < -0.3 is 10.0 Å². The van der Waals surface area contributed by atoms with E-state index in [1.165, 1.54) is 31.5 Å². The zero-order valence-corrected chi connectivity index (χ0v) is 18.5. The molecule has 1 unspecified atom stereocenters. The Morgan fingerprint density at radius 2 is 1.83 bits per heavy atom. The highest BCUT2D eigenvalue weighted by molar-refractivity contribution is 5.33. The van der Waals surface area contributed by atoms with E-state index in [9.17, 15) is 5.11 Å². The lowest BCUT2D eigenvalue weighted by Gasteiger charge is -2.48. The Labute approximate surface area is 181 Å². The van der Waals surface area contributed by atoms with Gasteiger partial charge in [-0.2, -0.15) is 5.10 Å². The molecule has 2 saturated heterocycles. The molecule has 0 saturated carbocycles. The summed E-state index contributed by atoms with van der Waals surface area (Å²) in [5.41, 5.74) is 2.44. The molecular weight excluding hydrogens is 374 g/mol. The second kappa shape index (κ2) is 10.1. The molecule has 0 bridgehead atoms. The highest BCUT2D eigenvalue weighted by Crippen LogP contribution is 2.25. The zero-order chi connectivity index (χ0) is 20.9. The molecule has 0 amide bonds. The molecule has 2 aromatic rings. The Morgan fingerprint density at radius 3 is 2.47 bits per heavy atom. The topological polar surface area (TPSA) is 47.8 Å². The Kier molecular flexibility index (Phi) is 7.20. The summed E-state index contributed by atoms with van der Waals surface area (Å²) in [7, 11) is 0. The average molecular weight is 412 g/mol. The zero-order valence-electron chi connectivity index (χ0n) is 18.5. The molecule has 6 heteroatoms. The van der Waals surface area contributed by atoms with Gasteiger partial charge in [0, 0.05) is 63.3 Å². The fourth-order valence-electron chi connectivity index (χ4n) is 5.13. The van der Waals surface area contributed by atoms with E-state index in [0.717, 1.165) is 38.3 Å². The lowest BCUT2D eigenvalue weighted by Crippen LogP contribution is -2.58. The number of hydrogen-bond donors (Lipinski definition) is 1. The first-order valence-electron chi connectivity index (χ1n) is 11.6. The van der Waals surface area contributed by atoms with Crippen LogP contribution < -0.4 is 0 Å². The Hall–Kier alpha value is -1.73. The van der Waals surface area contributed by atoms with Crippen molar-refractivity contribution in [2.24, 2.45) is 0 Å². The second-order valence-corrected chi connectivity index (χ2v) is 9.12. The minimum absolute atomic E-state index is 0.276. The van der Waals surface area contributed by atoms with Crippen LogP contribution in [0.2, 0.25) is 0 Å². The fraction of sp³-hybridized carbons (Fsp3) is 0.625. The molecule has 2 aliphatic rings. The van der Waals surface area contributed by atoms with Crippen molar-refractivity contribution in [3.05, 3.63) is 48.3 Å². The van der Waals surface area contributed by atoms with E-state index >= 15 is 0 Å². The molecule has 164 valence electrons. The van der Waals surface area contributed by atoms with Crippen LogP contribution in [0.1, 0.15) is 38.7 Å². The van der Waals surface area contributed by atoms with Crippen LogP contribution in [0.5, 0.6) is 0 Å². The molecular formula is C24H37N5O. The molecule has 30 heavy (non-hydrogen) atoms. The number of piperazine rings is 1. The van der Waals surface area contributed by atoms with E-state index in [4.69, 9.17) is 0 Å². The van der Waals surface area contributed by atoms with Crippen LogP contribution in [-0.2, 0) is 6.54 Å². The normalized spacial score (nSPS) is 22.7. The van der Waals surface area contributed by atoms with Crippen molar-refractivity contribution < 1.29 is 5.11 Å². The Bertz CT molecular complexity index is 752. The van der Waals surface area contributed by atoms with Gasteiger partial charge in [-0.05, 0) is 70.0 Å². The fourth-order valence-corrected chi connectivity index (χ4v) is 5.13. The Morgan fingerprint density at radius 1 is 1.07 bits per heavy atom. The number of hydrogen-bond acceptors (Lipinski definition) is 5. The first kappa shape index (κ1) is 21.5. The predicted octanol–water partition coefficient (Wildman–Crippen LogP) is 2.61. The van der Waals surface area contributed by atoms with Crippen LogP contribution >= 0.6 is 0 Å². The molecule has 0 spiro atoms. The SMILES string of the molecule is CC(C)N1CCC(N2CCN(Cc3ccc(-n4cccn4)cc3)CC2CCO)CC1. The number of likely N-dealkylation sites (tertiary alicyclic amines) is 1. The summed E-state index contributed by atoms with van der Waals surface area (Å²) >= 11 is 0. The lowest BCUT2D eigenvalue weighted by molar-refractivity contribution is -0.0000293. The van der Waals surface area contributed by atoms with Gasteiger partial charge in [0.05, 0.1) is 5.69 Å².